The van der Waals surface area contributed by atoms with Gasteiger partial charge in [0.15, 0.2) is 5.82 Å². The zero-order chi connectivity index (χ0) is 18.9. The average molecular weight is 374 g/mol. The molecular weight excluding hydrogens is 352 g/mol. The van der Waals surface area contributed by atoms with E-state index in [1.165, 1.54) is 11.3 Å². The molecule has 1 saturated heterocycles. The third-order valence-electron chi connectivity index (χ3n) is 5.40. The second kappa shape index (κ2) is 7.03. The van der Waals surface area contributed by atoms with E-state index in [0.717, 1.165) is 44.4 Å². The SMILES string of the molecule is CC1Cc2ccccc2N1c1nncc(N2CCN(c3ncccn3)CC2)n1. The number of anilines is 4. The van der Waals surface area contributed by atoms with E-state index in [-0.39, 0.29) is 0 Å². The molecule has 2 aliphatic rings. The first-order chi connectivity index (χ1) is 13.8. The summed E-state index contributed by atoms with van der Waals surface area (Å²) in [6.07, 6.45) is 6.32. The van der Waals surface area contributed by atoms with Crippen molar-refractivity contribution in [3.05, 3.63) is 54.5 Å². The van der Waals surface area contributed by atoms with E-state index in [1.54, 1.807) is 18.6 Å². The van der Waals surface area contributed by atoms with Gasteiger partial charge in [-0.05, 0) is 31.0 Å². The molecule has 1 atom stereocenters. The van der Waals surface area contributed by atoms with E-state index >= 15 is 0 Å². The molecule has 0 N–H and O–H groups in total. The fraction of sp³-hybridized carbons (Fsp3) is 0.350. The Kier molecular flexibility index (Phi) is 4.23. The van der Waals surface area contributed by atoms with Gasteiger partial charge in [0.25, 0.3) is 5.95 Å². The highest BCUT2D eigenvalue weighted by atomic mass is 15.4. The second-order valence-electron chi connectivity index (χ2n) is 7.19. The van der Waals surface area contributed by atoms with Crippen LogP contribution in [-0.4, -0.2) is 57.4 Å². The molecule has 1 fully saturated rings. The minimum Gasteiger partial charge on any atom is -0.352 e. The van der Waals surface area contributed by atoms with Gasteiger partial charge in [0.1, 0.15) is 0 Å². The van der Waals surface area contributed by atoms with Crippen LogP contribution in [0.5, 0.6) is 0 Å². The van der Waals surface area contributed by atoms with Crippen molar-refractivity contribution in [2.24, 2.45) is 0 Å². The molecule has 0 saturated carbocycles. The molecule has 2 aromatic heterocycles. The average Bonchev–Trinajstić information content (AvgIpc) is 3.10. The van der Waals surface area contributed by atoms with Gasteiger partial charge in [-0.3, -0.25) is 0 Å². The van der Waals surface area contributed by atoms with Gasteiger partial charge in [-0.1, -0.05) is 18.2 Å². The minimum atomic E-state index is 0.321. The molecule has 0 bridgehead atoms. The summed E-state index contributed by atoms with van der Waals surface area (Å²) in [5.74, 6) is 2.32. The zero-order valence-electron chi connectivity index (χ0n) is 15.8. The van der Waals surface area contributed by atoms with Gasteiger partial charge < -0.3 is 14.7 Å². The van der Waals surface area contributed by atoms with Crippen LogP contribution in [0.25, 0.3) is 0 Å². The van der Waals surface area contributed by atoms with Gasteiger partial charge in [0, 0.05) is 50.3 Å². The summed E-state index contributed by atoms with van der Waals surface area (Å²) < 4.78 is 0. The molecule has 1 aromatic carbocycles. The molecular formula is C20H22N8. The standard InChI is InChI=1S/C20H22N8/c1-15-13-16-5-2-3-6-17(16)28(15)20-24-18(14-23-25-20)26-9-11-27(12-10-26)19-21-7-4-8-22-19/h2-8,14-15H,9-13H2,1H3. The smallest absolute Gasteiger partial charge is 0.252 e. The summed E-state index contributed by atoms with van der Waals surface area (Å²) in [5.41, 5.74) is 2.51. The second-order valence-corrected chi connectivity index (χ2v) is 7.19. The van der Waals surface area contributed by atoms with Crippen LogP contribution in [0, 0.1) is 0 Å². The van der Waals surface area contributed by atoms with Gasteiger partial charge >= 0.3 is 0 Å². The highest BCUT2D eigenvalue weighted by molar-refractivity contribution is 5.67. The van der Waals surface area contributed by atoms with Crippen LogP contribution in [0.15, 0.2) is 48.9 Å². The Labute approximate surface area is 163 Å². The Morgan fingerprint density at radius 2 is 1.64 bits per heavy atom. The van der Waals surface area contributed by atoms with Gasteiger partial charge in [-0.15, -0.1) is 5.10 Å². The number of piperazine rings is 1. The van der Waals surface area contributed by atoms with E-state index < -0.39 is 0 Å². The number of nitrogens with zero attached hydrogens (tertiary/aromatic N) is 8. The van der Waals surface area contributed by atoms with E-state index in [2.05, 4.69) is 66.1 Å². The molecule has 5 rings (SSSR count). The van der Waals surface area contributed by atoms with Crippen LogP contribution in [0.3, 0.4) is 0 Å². The van der Waals surface area contributed by atoms with E-state index in [9.17, 15) is 0 Å². The number of hydrogen-bond donors (Lipinski definition) is 0. The topological polar surface area (TPSA) is 74.2 Å². The Bertz CT molecular complexity index is 955. The van der Waals surface area contributed by atoms with Crippen molar-refractivity contribution >= 4 is 23.4 Å². The van der Waals surface area contributed by atoms with E-state index in [4.69, 9.17) is 4.98 Å². The first kappa shape index (κ1) is 16.9. The Morgan fingerprint density at radius 3 is 2.46 bits per heavy atom. The summed E-state index contributed by atoms with van der Waals surface area (Å²) in [5, 5.41) is 8.59. The predicted octanol–water partition coefficient (Wildman–Crippen LogP) is 2.07. The summed E-state index contributed by atoms with van der Waals surface area (Å²) in [6, 6.07) is 10.6. The van der Waals surface area contributed by atoms with Crippen LogP contribution in [0.2, 0.25) is 0 Å². The first-order valence-electron chi connectivity index (χ1n) is 9.63. The molecule has 0 amide bonds. The van der Waals surface area contributed by atoms with Crippen LogP contribution in [0.4, 0.5) is 23.4 Å². The quantitative estimate of drug-likeness (QED) is 0.690. The summed E-state index contributed by atoms with van der Waals surface area (Å²) in [7, 11) is 0. The predicted molar refractivity (Wildman–Crippen MR) is 108 cm³/mol. The number of benzene rings is 1. The number of para-hydroxylation sites is 1. The lowest BCUT2D eigenvalue weighted by molar-refractivity contribution is 0.630. The van der Waals surface area contributed by atoms with Crippen LogP contribution < -0.4 is 14.7 Å². The van der Waals surface area contributed by atoms with Crippen molar-refractivity contribution in [3.8, 4) is 0 Å². The van der Waals surface area contributed by atoms with E-state index in [0.29, 0.717) is 12.0 Å². The number of fused-ring (bicyclic) bond motifs is 1. The van der Waals surface area contributed by atoms with Crippen molar-refractivity contribution in [3.63, 3.8) is 0 Å². The maximum absolute atomic E-state index is 4.85. The molecule has 0 spiro atoms. The van der Waals surface area contributed by atoms with Crippen LogP contribution >= 0.6 is 0 Å². The van der Waals surface area contributed by atoms with Crippen molar-refractivity contribution in [2.45, 2.75) is 19.4 Å². The van der Waals surface area contributed by atoms with Crippen molar-refractivity contribution < 1.29 is 0 Å². The molecule has 28 heavy (non-hydrogen) atoms. The number of rotatable bonds is 3. The highest BCUT2D eigenvalue weighted by Crippen LogP contribution is 2.36. The fourth-order valence-electron chi connectivity index (χ4n) is 4.00. The monoisotopic (exact) mass is 374 g/mol. The Hall–Kier alpha value is -3.29. The lowest BCUT2D eigenvalue weighted by atomic mass is 10.1. The third-order valence-corrected chi connectivity index (χ3v) is 5.40. The van der Waals surface area contributed by atoms with Crippen molar-refractivity contribution in [2.75, 3.05) is 40.9 Å². The molecule has 4 heterocycles. The molecule has 2 aliphatic heterocycles. The molecule has 142 valence electrons. The first-order valence-corrected chi connectivity index (χ1v) is 9.63. The summed E-state index contributed by atoms with van der Waals surface area (Å²) >= 11 is 0. The molecule has 3 aromatic rings. The lowest BCUT2D eigenvalue weighted by Gasteiger charge is -2.35. The van der Waals surface area contributed by atoms with Crippen LogP contribution in [0.1, 0.15) is 12.5 Å². The summed E-state index contributed by atoms with van der Waals surface area (Å²) in [4.78, 5) is 20.2. The Balaban J connectivity index is 1.35. The molecule has 8 nitrogen and oxygen atoms in total. The maximum atomic E-state index is 4.85. The fourth-order valence-corrected chi connectivity index (χ4v) is 4.00. The van der Waals surface area contributed by atoms with Crippen molar-refractivity contribution in [1.29, 1.82) is 0 Å². The number of aromatic nitrogens is 5. The van der Waals surface area contributed by atoms with Gasteiger partial charge in [0.05, 0.1) is 6.20 Å². The van der Waals surface area contributed by atoms with Gasteiger partial charge in [0.2, 0.25) is 5.95 Å². The summed E-state index contributed by atoms with van der Waals surface area (Å²) in [6.45, 7) is 5.61. The molecule has 0 radical (unpaired) electrons. The molecule has 1 unspecified atom stereocenters. The molecule has 8 heteroatoms. The van der Waals surface area contributed by atoms with E-state index in [1.807, 2.05) is 6.07 Å². The van der Waals surface area contributed by atoms with Gasteiger partial charge in [-0.25, -0.2) is 9.97 Å². The minimum absolute atomic E-state index is 0.321. The number of hydrogen-bond acceptors (Lipinski definition) is 8. The highest BCUT2D eigenvalue weighted by Gasteiger charge is 2.29. The maximum Gasteiger partial charge on any atom is 0.252 e. The normalized spacial score (nSPS) is 19.0. The largest absolute Gasteiger partial charge is 0.352 e. The molecule has 0 aliphatic carbocycles. The van der Waals surface area contributed by atoms with Crippen molar-refractivity contribution in [1.82, 2.24) is 25.1 Å². The van der Waals surface area contributed by atoms with Gasteiger partial charge in [-0.2, -0.15) is 10.1 Å². The third kappa shape index (κ3) is 3.00. The Morgan fingerprint density at radius 1 is 0.893 bits per heavy atom. The van der Waals surface area contributed by atoms with Crippen LogP contribution in [-0.2, 0) is 6.42 Å². The zero-order valence-corrected chi connectivity index (χ0v) is 15.8. The lowest BCUT2D eigenvalue weighted by Crippen LogP contribution is -2.47.